The molecule has 0 radical (unpaired) electrons. The fourth-order valence-corrected chi connectivity index (χ4v) is 4.09. The van der Waals surface area contributed by atoms with Crippen molar-refractivity contribution in [3.05, 3.63) is 72.0 Å². The van der Waals surface area contributed by atoms with Crippen molar-refractivity contribution in [2.45, 2.75) is 44.9 Å². The Morgan fingerprint density at radius 2 is 1.90 bits per heavy atom. The molecular formula is C24H31IN4O. The molecule has 2 atom stereocenters. The van der Waals surface area contributed by atoms with E-state index in [0.717, 1.165) is 48.6 Å². The second-order valence-corrected chi connectivity index (χ2v) is 7.85. The van der Waals surface area contributed by atoms with Crippen molar-refractivity contribution in [3.8, 4) is 0 Å². The van der Waals surface area contributed by atoms with Crippen LogP contribution >= 0.6 is 24.0 Å². The van der Waals surface area contributed by atoms with Gasteiger partial charge >= 0.3 is 0 Å². The fraction of sp³-hybridized carbons (Fsp3) is 0.375. The molecule has 1 aromatic heterocycles. The van der Waals surface area contributed by atoms with Crippen molar-refractivity contribution in [2.24, 2.45) is 4.99 Å². The molecule has 30 heavy (non-hydrogen) atoms. The summed E-state index contributed by atoms with van der Waals surface area (Å²) in [6.07, 6.45) is 2.22. The molecule has 2 aromatic carbocycles. The van der Waals surface area contributed by atoms with Gasteiger partial charge in [0.1, 0.15) is 11.3 Å². The third-order valence-corrected chi connectivity index (χ3v) is 5.71. The number of hydrogen-bond donors (Lipinski definition) is 2. The first-order chi connectivity index (χ1) is 14.2. The summed E-state index contributed by atoms with van der Waals surface area (Å²) < 4.78 is 5.89. The number of rotatable bonds is 5. The first kappa shape index (κ1) is 22.6. The number of aliphatic imine (C=N–C) groups is 1. The Balaban J connectivity index is 0.00000256. The highest BCUT2D eigenvalue weighted by molar-refractivity contribution is 14.0. The number of furan rings is 1. The maximum Gasteiger partial charge on any atom is 0.191 e. The highest BCUT2D eigenvalue weighted by Crippen LogP contribution is 2.20. The van der Waals surface area contributed by atoms with E-state index >= 15 is 0 Å². The zero-order valence-corrected chi connectivity index (χ0v) is 20.0. The Kier molecular flexibility index (Phi) is 8.16. The topological polar surface area (TPSA) is 52.8 Å². The second kappa shape index (κ2) is 10.8. The number of likely N-dealkylation sites (tertiary alicyclic amines) is 1. The van der Waals surface area contributed by atoms with E-state index in [1.807, 2.05) is 25.2 Å². The van der Waals surface area contributed by atoms with Gasteiger partial charge in [-0.05, 0) is 37.5 Å². The largest absolute Gasteiger partial charge is 0.459 e. The summed E-state index contributed by atoms with van der Waals surface area (Å²) in [7, 11) is 1.82. The van der Waals surface area contributed by atoms with Crippen LogP contribution in [0.25, 0.3) is 11.0 Å². The van der Waals surface area contributed by atoms with Crippen LogP contribution in [0.3, 0.4) is 0 Å². The summed E-state index contributed by atoms with van der Waals surface area (Å²) in [4.78, 5) is 6.97. The molecule has 0 aliphatic carbocycles. The van der Waals surface area contributed by atoms with Gasteiger partial charge in [-0.15, -0.1) is 24.0 Å². The van der Waals surface area contributed by atoms with Crippen molar-refractivity contribution < 1.29 is 4.42 Å². The van der Waals surface area contributed by atoms with Gasteiger partial charge < -0.3 is 15.1 Å². The number of para-hydroxylation sites is 1. The molecule has 1 fully saturated rings. The van der Waals surface area contributed by atoms with Crippen molar-refractivity contribution in [2.75, 3.05) is 13.6 Å². The number of hydrogen-bond acceptors (Lipinski definition) is 3. The first-order valence-electron chi connectivity index (χ1n) is 10.4. The standard InChI is InChI=1S/C24H30N4O.HI/c1-18-14-21(12-13-28(18)17-19-8-4-3-5-9-19)27-24(25-2)26-16-22-15-20-10-6-7-11-23(20)29-22;/h3-11,15,18,21H,12-14,16-17H2,1-2H3,(H2,25,26,27);1H. The Bertz CT molecular complexity index is 923. The van der Waals surface area contributed by atoms with Crippen LogP contribution in [0.15, 0.2) is 70.1 Å². The Labute approximate surface area is 196 Å². The number of fused-ring (bicyclic) bond motifs is 1. The lowest BCUT2D eigenvalue weighted by Crippen LogP contribution is -2.51. The van der Waals surface area contributed by atoms with Crippen LogP contribution in [0.5, 0.6) is 0 Å². The molecule has 0 amide bonds. The highest BCUT2D eigenvalue weighted by Gasteiger charge is 2.26. The monoisotopic (exact) mass is 518 g/mol. The lowest BCUT2D eigenvalue weighted by molar-refractivity contribution is 0.134. The van der Waals surface area contributed by atoms with Gasteiger partial charge in [0.2, 0.25) is 0 Å². The van der Waals surface area contributed by atoms with Gasteiger partial charge in [0.05, 0.1) is 6.54 Å². The molecule has 4 rings (SSSR count). The number of halogens is 1. The minimum atomic E-state index is 0. The minimum Gasteiger partial charge on any atom is -0.459 e. The molecule has 3 aromatic rings. The molecule has 1 saturated heterocycles. The van der Waals surface area contributed by atoms with Crippen molar-refractivity contribution >= 4 is 40.9 Å². The van der Waals surface area contributed by atoms with Crippen molar-refractivity contribution in [3.63, 3.8) is 0 Å². The van der Waals surface area contributed by atoms with Crippen LogP contribution in [0.4, 0.5) is 0 Å². The van der Waals surface area contributed by atoms with Crippen molar-refractivity contribution in [1.29, 1.82) is 0 Å². The average molecular weight is 518 g/mol. The summed E-state index contributed by atoms with van der Waals surface area (Å²) >= 11 is 0. The summed E-state index contributed by atoms with van der Waals surface area (Å²) in [6, 6.07) is 21.9. The zero-order chi connectivity index (χ0) is 20.1. The summed E-state index contributed by atoms with van der Waals surface area (Å²) in [5.41, 5.74) is 2.31. The molecule has 0 saturated carbocycles. The van der Waals surface area contributed by atoms with Crippen LogP contribution in [-0.2, 0) is 13.1 Å². The van der Waals surface area contributed by atoms with Crippen LogP contribution < -0.4 is 10.6 Å². The van der Waals surface area contributed by atoms with Crippen LogP contribution in [0.1, 0.15) is 31.1 Å². The molecule has 2 unspecified atom stereocenters. The quantitative estimate of drug-likeness (QED) is 0.291. The number of nitrogens with one attached hydrogen (secondary N) is 2. The van der Waals surface area contributed by atoms with Gasteiger partial charge in [-0.2, -0.15) is 0 Å². The molecule has 1 aliphatic heterocycles. The normalized spacial score (nSPS) is 20.0. The first-order valence-corrected chi connectivity index (χ1v) is 10.4. The molecule has 0 bridgehead atoms. The van der Waals surface area contributed by atoms with Gasteiger partial charge in [0.15, 0.2) is 5.96 Å². The van der Waals surface area contributed by atoms with E-state index in [-0.39, 0.29) is 24.0 Å². The molecular weight excluding hydrogens is 487 g/mol. The lowest BCUT2D eigenvalue weighted by atomic mass is 9.97. The zero-order valence-electron chi connectivity index (χ0n) is 17.7. The second-order valence-electron chi connectivity index (χ2n) is 7.85. The van der Waals surface area contributed by atoms with E-state index in [2.05, 4.69) is 69.9 Å². The van der Waals surface area contributed by atoms with E-state index in [1.165, 1.54) is 5.56 Å². The Hall–Kier alpha value is -2.06. The summed E-state index contributed by atoms with van der Waals surface area (Å²) in [6.45, 7) is 5.06. The molecule has 160 valence electrons. The van der Waals surface area contributed by atoms with Gasteiger partial charge in [-0.1, -0.05) is 48.5 Å². The number of benzene rings is 2. The molecule has 2 N–H and O–H groups in total. The lowest BCUT2D eigenvalue weighted by Gasteiger charge is -2.38. The van der Waals surface area contributed by atoms with E-state index in [9.17, 15) is 0 Å². The molecule has 1 aliphatic rings. The average Bonchev–Trinajstić information content (AvgIpc) is 3.17. The summed E-state index contributed by atoms with van der Waals surface area (Å²) in [5.74, 6) is 1.75. The van der Waals surface area contributed by atoms with E-state index in [4.69, 9.17) is 4.42 Å². The van der Waals surface area contributed by atoms with Gasteiger partial charge in [-0.25, -0.2) is 0 Å². The third-order valence-electron chi connectivity index (χ3n) is 5.71. The van der Waals surface area contributed by atoms with Gasteiger partial charge in [0, 0.05) is 37.6 Å². The smallest absolute Gasteiger partial charge is 0.191 e. The van der Waals surface area contributed by atoms with E-state index < -0.39 is 0 Å². The van der Waals surface area contributed by atoms with Crippen LogP contribution in [0, 0.1) is 0 Å². The highest BCUT2D eigenvalue weighted by atomic mass is 127. The predicted octanol–water partition coefficient (Wildman–Crippen LogP) is 4.77. The van der Waals surface area contributed by atoms with Gasteiger partial charge in [-0.3, -0.25) is 9.89 Å². The number of nitrogens with zero attached hydrogens (tertiary/aromatic N) is 2. The van der Waals surface area contributed by atoms with Crippen molar-refractivity contribution in [1.82, 2.24) is 15.5 Å². The predicted molar refractivity (Wildman–Crippen MR) is 134 cm³/mol. The molecule has 0 spiro atoms. The SMILES string of the molecule is CN=C(NCc1cc2ccccc2o1)NC1CCN(Cc2ccccc2)C(C)C1.I. The summed E-state index contributed by atoms with van der Waals surface area (Å²) in [5, 5.41) is 8.12. The third kappa shape index (κ3) is 5.76. The number of guanidine groups is 1. The van der Waals surface area contributed by atoms with Gasteiger partial charge in [0.25, 0.3) is 0 Å². The van der Waals surface area contributed by atoms with E-state index in [0.29, 0.717) is 18.6 Å². The maximum atomic E-state index is 5.89. The van der Waals surface area contributed by atoms with Crippen LogP contribution in [0.2, 0.25) is 0 Å². The maximum absolute atomic E-state index is 5.89. The Morgan fingerprint density at radius 1 is 1.13 bits per heavy atom. The molecule has 5 nitrogen and oxygen atoms in total. The van der Waals surface area contributed by atoms with Crippen LogP contribution in [-0.4, -0.2) is 36.5 Å². The molecule has 6 heteroatoms. The Morgan fingerprint density at radius 3 is 2.63 bits per heavy atom. The number of piperidine rings is 1. The minimum absolute atomic E-state index is 0. The van der Waals surface area contributed by atoms with E-state index in [1.54, 1.807) is 0 Å². The molecule has 2 heterocycles. The fourth-order valence-electron chi connectivity index (χ4n) is 4.09.